The van der Waals surface area contributed by atoms with Gasteiger partial charge in [0.15, 0.2) is 0 Å². The number of hydrogen-bond donors (Lipinski definition) is 1. The first-order valence-corrected chi connectivity index (χ1v) is 5.05. The van der Waals surface area contributed by atoms with E-state index in [1.54, 1.807) is 0 Å². The van der Waals surface area contributed by atoms with Crippen LogP contribution in [0.4, 0.5) is 0 Å². The quantitative estimate of drug-likeness (QED) is 0.681. The summed E-state index contributed by atoms with van der Waals surface area (Å²) in [7, 11) is 0. The van der Waals surface area contributed by atoms with Crippen molar-refractivity contribution in [3.05, 3.63) is 39.7 Å². The fourth-order valence-corrected chi connectivity index (χ4v) is 2.04. The van der Waals surface area contributed by atoms with Crippen LogP contribution in [-0.4, -0.2) is 11.7 Å². The van der Waals surface area contributed by atoms with Gasteiger partial charge in [-0.3, -0.25) is 0 Å². The Labute approximate surface area is 91.1 Å². The summed E-state index contributed by atoms with van der Waals surface area (Å²) in [6.45, 7) is 1.98. The lowest BCUT2D eigenvalue weighted by Crippen LogP contribution is -2.09. The van der Waals surface area contributed by atoms with Crippen molar-refractivity contribution in [3.8, 4) is 5.75 Å². The Kier molecular flexibility index (Phi) is 1.82. The molecule has 4 nitrogen and oxygen atoms in total. The van der Waals surface area contributed by atoms with Gasteiger partial charge in [-0.15, -0.1) is 0 Å². The van der Waals surface area contributed by atoms with E-state index < -0.39 is 11.7 Å². The second-order valence-corrected chi connectivity index (χ2v) is 3.91. The number of aryl methyl sites for hydroxylation is 1. The van der Waals surface area contributed by atoms with Gasteiger partial charge >= 0.3 is 5.63 Å². The molecule has 0 saturated carbocycles. The van der Waals surface area contributed by atoms with Crippen molar-refractivity contribution in [2.75, 3.05) is 6.61 Å². The molecule has 0 saturated heterocycles. The summed E-state index contributed by atoms with van der Waals surface area (Å²) in [5.74, 6) is 0.461. The van der Waals surface area contributed by atoms with Gasteiger partial charge in [0.2, 0.25) is 0 Å². The highest BCUT2D eigenvalue weighted by Gasteiger charge is 2.29. The molecule has 2 aromatic rings. The number of para-hydroxylation sites is 1. The standard InChI is InChI=1S/C12H10O4/c1-6-3-2-4-7-10(6)16-12(14)9-8(13)5-15-11(7)9/h2-4,8,13H,5H2,1H3. The SMILES string of the molecule is Cc1cccc2c3c(c(=O)oc12)C(O)CO3. The van der Waals surface area contributed by atoms with Gasteiger partial charge in [-0.2, -0.15) is 0 Å². The Morgan fingerprint density at radius 1 is 1.44 bits per heavy atom. The average molecular weight is 218 g/mol. The third-order valence-corrected chi connectivity index (χ3v) is 2.83. The maximum Gasteiger partial charge on any atom is 0.346 e. The largest absolute Gasteiger partial charge is 0.489 e. The molecule has 1 aromatic carbocycles. The van der Waals surface area contributed by atoms with Gasteiger partial charge in [0.25, 0.3) is 0 Å². The van der Waals surface area contributed by atoms with Crippen LogP contribution in [-0.2, 0) is 0 Å². The van der Waals surface area contributed by atoms with Gasteiger partial charge in [0.1, 0.15) is 29.6 Å². The lowest BCUT2D eigenvalue weighted by atomic mass is 10.1. The molecule has 0 spiro atoms. The molecule has 1 aliphatic rings. The van der Waals surface area contributed by atoms with Gasteiger partial charge in [-0.05, 0) is 18.6 Å². The molecule has 4 heteroatoms. The van der Waals surface area contributed by atoms with E-state index in [9.17, 15) is 9.90 Å². The fraction of sp³-hybridized carbons (Fsp3) is 0.250. The minimum absolute atomic E-state index is 0.118. The van der Waals surface area contributed by atoms with Gasteiger partial charge in [0, 0.05) is 0 Å². The molecule has 0 fully saturated rings. The zero-order chi connectivity index (χ0) is 11.3. The van der Waals surface area contributed by atoms with Gasteiger partial charge in [-0.25, -0.2) is 4.79 Å². The van der Waals surface area contributed by atoms with Crippen molar-refractivity contribution < 1.29 is 14.3 Å². The van der Waals surface area contributed by atoms with Crippen LogP contribution in [0.3, 0.4) is 0 Å². The summed E-state index contributed by atoms with van der Waals surface area (Å²) in [6, 6.07) is 5.55. The molecule has 1 unspecified atom stereocenters. The number of fused-ring (bicyclic) bond motifs is 3. The molecule has 0 bridgehead atoms. The predicted molar refractivity (Wildman–Crippen MR) is 57.7 cm³/mol. The Balaban J connectivity index is 2.50. The second kappa shape index (κ2) is 3.09. The van der Waals surface area contributed by atoms with Crippen LogP contribution < -0.4 is 10.4 Å². The topological polar surface area (TPSA) is 59.7 Å². The molecule has 3 rings (SSSR count). The van der Waals surface area contributed by atoms with Crippen LogP contribution in [0.2, 0.25) is 0 Å². The second-order valence-electron chi connectivity index (χ2n) is 3.91. The lowest BCUT2D eigenvalue weighted by Gasteiger charge is -2.04. The van der Waals surface area contributed by atoms with E-state index in [0.29, 0.717) is 11.3 Å². The van der Waals surface area contributed by atoms with E-state index >= 15 is 0 Å². The molecule has 82 valence electrons. The van der Waals surface area contributed by atoms with Crippen LogP contribution >= 0.6 is 0 Å². The van der Waals surface area contributed by atoms with Crippen LogP contribution in [0.25, 0.3) is 11.0 Å². The zero-order valence-corrected chi connectivity index (χ0v) is 8.69. The zero-order valence-electron chi connectivity index (χ0n) is 8.69. The van der Waals surface area contributed by atoms with Crippen LogP contribution in [0, 0.1) is 6.92 Å². The summed E-state index contributed by atoms with van der Waals surface area (Å²) in [4.78, 5) is 11.7. The van der Waals surface area contributed by atoms with Crippen molar-refractivity contribution in [1.29, 1.82) is 0 Å². The smallest absolute Gasteiger partial charge is 0.346 e. The number of aliphatic hydroxyl groups is 1. The highest BCUT2D eigenvalue weighted by molar-refractivity contribution is 5.87. The van der Waals surface area contributed by atoms with Gasteiger partial charge in [0.05, 0.1) is 5.39 Å². The summed E-state index contributed by atoms with van der Waals surface area (Å²) < 4.78 is 10.6. The van der Waals surface area contributed by atoms with Crippen molar-refractivity contribution in [2.24, 2.45) is 0 Å². The van der Waals surface area contributed by atoms with E-state index in [0.717, 1.165) is 10.9 Å². The fourth-order valence-electron chi connectivity index (χ4n) is 2.04. The molecule has 1 atom stereocenters. The Hall–Kier alpha value is -1.81. The van der Waals surface area contributed by atoms with E-state index in [1.807, 2.05) is 25.1 Å². The highest BCUT2D eigenvalue weighted by Crippen LogP contribution is 2.36. The predicted octanol–water partition coefficient (Wildman–Crippen LogP) is 1.53. The van der Waals surface area contributed by atoms with Crippen molar-refractivity contribution >= 4 is 11.0 Å². The number of hydrogen-bond acceptors (Lipinski definition) is 4. The highest BCUT2D eigenvalue weighted by atomic mass is 16.5. The maximum absolute atomic E-state index is 11.7. The minimum Gasteiger partial charge on any atom is -0.489 e. The average Bonchev–Trinajstić information content (AvgIpc) is 2.64. The molecular weight excluding hydrogens is 208 g/mol. The molecule has 1 aromatic heterocycles. The third-order valence-electron chi connectivity index (χ3n) is 2.83. The molecule has 1 N–H and O–H groups in total. The van der Waals surface area contributed by atoms with E-state index in [1.165, 1.54) is 0 Å². The minimum atomic E-state index is -0.879. The van der Waals surface area contributed by atoms with Gasteiger partial charge in [-0.1, -0.05) is 12.1 Å². The third kappa shape index (κ3) is 1.10. The summed E-state index contributed by atoms with van der Waals surface area (Å²) >= 11 is 0. The molecule has 1 aliphatic heterocycles. The number of aliphatic hydroxyl groups excluding tert-OH is 1. The molecular formula is C12H10O4. The Bertz CT molecular complexity index is 627. The first-order chi connectivity index (χ1) is 7.68. The summed E-state index contributed by atoms with van der Waals surface area (Å²) in [6.07, 6.45) is -0.879. The first-order valence-electron chi connectivity index (χ1n) is 5.05. The van der Waals surface area contributed by atoms with E-state index in [4.69, 9.17) is 9.15 Å². The van der Waals surface area contributed by atoms with Crippen molar-refractivity contribution in [2.45, 2.75) is 13.0 Å². The Morgan fingerprint density at radius 3 is 3.06 bits per heavy atom. The van der Waals surface area contributed by atoms with Crippen LogP contribution in [0.15, 0.2) is 27.4 Å². The van der Waals surface area contributed by atoms with Gasteiger partial charge < -0.3 is 14.3 Å². The molecule has 0 amide bonds. The molecule has 16 heavy (non-hydrogen) atoms. The lowest BCUT2D eigenvalue weighted by molar-refractivity contribution is 0.139. The normalized spacial score (nSPS) is 18.5. The van der Waals surface area contributed by atoms with E-state index in [-0.39, 0.29) is 12.2 Å². The van der Waals surface area contributed by atoms with E-state index in [2.05, 4.69) is 0 Å². The molecule has 2 heterocycles. The van der Waals surface area contributed by atoms with Crippen molar-refractivity contribution in [1.82, 2.24) is 0 Å². The van der Waals surface area contributed by atoms with Crippen LogP contribution in [0.5, 0.6) is 5.75 Å². The Morgan fingerprint density at radius 2 is 2.25 bits per heavy atom. The maximum atomic E-state index is 11.7. The first kappa shape index (κ1) is 9.42. The number of benzene rings is 1. The summed E-state index contributed by atoms with van der Waals surface area (Å²) in [5.41, 5.74) is 1.13. The van der Waals surface area contributed by atoms with Crippen LogP contribution in [0.1, 0.15) is 17.2 Å². The van der Waals surface area contributed by atoms with Crippen molar-refractivity contribution in [3.63, 3.8) is 0 Å². The number of rotatable bonds is 0. The monoisotopic (exact) mass is 218 g/mol. The molecule has 0 radical (unpaired) electrons. The number of ether oxygens (including phenoxy) is 1. The molecule has 0 aliphatic carbocycles. The summed E-state index contributed by atoms with van der Waals surface area (Å²) in [5, 5.41) is 10.3.